The Balaban J connectivity index is 1.23. The highest BCUT2D eigenvalue weighted by atomic mass is 79.9. The summed E-state index contributed by atoms with van der Waals surface area (Å²) in [5.41, 5.74) is 10.6. The van der Waals surface area contributed by atoms with Gasteiger partial charge in [-0.1, -0.05) is 0 Å². The highest BCUT2D eigenvalue weighted by Gasteiger charge is 2.43. The van der Waals surface area contributed by atoms with Gasteiger partial charge in [-0.3, -0.25) is 14.8 Å². The molecule has 0 radical (unpaired) electrons. The molecule has 1 aromatic carbocycles. The van der Waals surface area contributed by atoms with Crippen molar-refractivity contribution in [3.05, 3.63) is 47.2 Å². The van der Waals surface area contributed by atoms with Crippen molar-refractivity contribution in [2.75, 3.05) is 63.6 Å². The molecule has 2 aliphatic rings. The van der Waals surface area contributed by atoms with E-state index in [1.807, 2.05) is 6.20 Å². The molecule has 0 aliphatic carbocycles. The Bertz CT molecular complexity index is 1430. The van der Waals surface area contributed by atoms with Gasteiger partial charge in [0.05, 0.1) is 10.2 Å². The van der Waals surface area contributed by atoms with Gasteiger partial charge in [0, 0.05) is 80.9 Å². The molecule has 0 saturated carbocycles. The number of aliphatic imine (C=N–C) groups is 1. The van der Waals surface area contributed by atoms with Crippen LogP contribution in [-0.4, -0.2) is 101 Å². The van der Waals surface area contributed by atoms with Gasteiger partial charge < -0.3 is 26.3 Å². The number of nitrogens with one attached hydrogen (secondary N) is 3. The van der Waals surface area contributed by atoms with Gasteiger partial charge in [0.2, 0.25) is 0 Å². The number of imidazole rings is 1. The first-order valence-electron chi connectivity index (χ1n) is 15.2. The van der Waals surface area contributed by atoms with Crippen LogP contribution in [0.25, 0.3) is 22.6 Å². The fourth-order valence-corrected chi connectivity index (χ4v) is 7.01. The van der Waals surface area contributed by atoms with E-state index in [9.17, 15) is 0 Å². The minimum absolute atomic E-state index is 0.0963. The Kier molecular flexibility index (Phi) is 9.34. The van der Waals surface area contributed by atoms with Gasteiger partial charge in [-0.25, -0.2) is 9.97 Å². The number of halogens is 1. The molecular weight excluding hydrogens is 604 g/mol. The highest BCUT2D eigenvalue weighted by Crippen LogP contribution is 2.40. The second kappa shape index (κ2) is 12.8. The van der Waals surface area contributed by atoms with Crippen molar-refractivity contribution in [2.45, 2.75) is 57.7 Å². The van der Waals surface area contributed by atoms with E-state index in [-0.39, 0.29) is 11.1 Å². The van der Waals surface area contributed by atoms with Crippen molar-refractivity contribution in [3.63, 3.8) is 0 Å². The number of piperazine rings is 1. The Morgan fingerprint density at radius 3 is 2.42 bits per heavy atom. The lowest BCUT2D eigenvalue weighted by atomic mass is 9.77. The van der Waals surface area contributed by atoms with Gasteiger partial charge in [0.1, 0.15) is 17.2 Å². The molecule has 2 aromatic heterocycles. The number of rotatable bonds is 8. The van der Waals surface area contributed by atoms with E-state index >= 15 is 0 Å². The largest absolute Gasteiger partial charge is 0.404 e. The zero-order valence-electron chi connectivity index (χ0n) is 26.4. The number of hydrogen-bond donors (Lipinski definition) is 4. The average molecular weight is 652 g/mol. The summed E-state index contributed by atoms with van der Waals surface area (Å²) in [7, 11) is 4.01. The summed E-state index contributed by atoms with van der Waals surface area (Å²) in [5, 5.41) is 7.19. The summed E-state index contributed by atoms with van der Waals surface area (Å²) in [5.74, 6) is 1.64. The normalized spacial score (nSPS) is 20.3. The maximum absolute atomic E-state index is 5.48. The van der Waals surface area contributed by atoms with Crippen LogP contribution in [0.3, 0.4) is 0 Å². The van der Waals surface area contributed by atoms with Crippen molar-refractivity contribution in [3.8, 4) is 11.4 Å². The van der Waals surface area contributed by atoms with Gasteiger partial charge in [-0.15, -0.1) is 0 Å². The van der Waals surface area contributed by atoms with Crippen LogP contribution in [0, 0.1) is 0 Å². The molecule has 43 heavy (non-hydrogen) atoms. The molecule has 2 fully saturated rings. The standard InChI is InChI=1S/C32H47BrN10/c1-31(2)19-23(20-32(3,4)41(31)6)38-27-25(33)21-37-30-28(27)39-29(40-30)22-7-9-24(10-8-22)43-17-15-42(16-18-43)14-13-36-26(35-5)11-12-34/h7-12,21,23H,13-20,34H2,1-6H3,(H,35,36)(H2,37,38,39,40). The minimum Gasteiger partial charge on any atom is -0.404 e. The number of piperidine rings is 1. The minimum atomic E-state index is 0.0963. The number of hydrogen-bond acceptors (Lipinski definition) is 8. The fraction of sp³-hybridized carbons (Fsp3) is 0.531. The van der Waals surface area contributed by atoms with E-state index in [4.69, 9.17) is 10.7 Å². The van der Waals surface area contributed by atoms with Gasteiger partial charge in [-0.05, 0) is 100 Å². The number of amidine groups is 1. The van der Waals surface area contributed by atoms with Crippen molar-refractivity contribution in [1.29, 1.82) is 0 Å². The lowest BCUT2D eigenvalue weighted by Gasteiger charge is -2.54. The summed E-state index contributed by atoms with van der Waals surface area (Å²) in [6.45, 7) is 15.2. The van der Waals surface area contributed by atoms with Crippen LogP contribution in [0.4, 0.5) is 11.4 Å². The molecule has 3 aromatic rings. The zero-order valence-corrected chi connectivity index (χ0v) is 28.0. The third kappa shape index (κ3) is 6.99. The lowest BCUT2D eigenvalue weighted by molar-refractivity contribution is -0.00766. The maximum atomic E-state index is 5.48. The van der Waals surface area contributed by atoms with Crippen LogP contribution in [0.15, 0.2) is 52.2 Å². The Morgan fingerprint density at radius 2 is 1.79 bits per heavy atom. The van der Waals surface area contributed by atoms with E-state index in [1.165, 1.54) is 11.9 Å². The summed E-state index contributed by atoms with van der Waals surface area (Å²) in [4.78, 5) is 24.7. The molecule has 2 saturated heterocycles. The Hall–Kier alpha value is -3.15. The molecule has 0 spiro atoms. The molecule has 4 heterocycles. The average Bonchev–Trinajstić information content (AvgIpc) is 3.42. The van der Waals surface area contributed by atoms with E-state index in [0.29, 0.717) is 6.04 Å². The molecule has 0 atom stereocenters. The smallest absolute Gasteiger partial charge is 0.180 e. The first-order chi connectivity index (χ1) is 20.5. The number of nitrogens with zero attached hydrogens (tertiary/aromatic N) is 6. The van der Waals surface area contributed by atoms with Crippen LogP contribution in [-0.2, 0) is 0 Å². The second-order valence-electron chi connectivity index (χ2n) is 13.0. The second-order valence-corrected chi connectivity index (χ2v) is 13.8. The number of H-pyrrole nitrogens is 1. The monoisotopic (exact) mass is 650 g/mol. The molecule has 10 nitrogen and oxygen atoms in total. The highest BCUT2D eigenvalue weighted by molar-refractivity contribution is 9.10. The van der Waals surface area contributed by atoms with Crippen molar-refractivity contribution in [2.24, 2.45) is 10.7 Å². The third-order valence-electron chi connectivity index (χ3n) is 9.24. The van der Waals surface area contributed by atoms with E-state index in [0.717, 1.165) is 90.7 Å². The number of aromatic amines is 1. The first kappa shape index (κ1) is 31.3. The molecule has 11 heteroatoms. The molecule has 0 unspecified atom stereocenters. The van der Waals surface area contributed by atoms with Crippen LogP contribution < -0.4 is 21.3 Å². The maximum Gasteiger partial charge on any atom is 0.180 e. The number of pyridine rings is 1. The van der Waals surface area contributed by atoms with Crippen molar-refractivity contribution in [1.82, 2.24) is 30.1 Å². The quantitative estimate of drug-likeness (QED) is 0.206. The van der Waals surface area contributed by atoms with Crippen LogP contribution in [0.2, 0.25) is 0 Å². The predicted molar refractivity (Wildman–Crippen MR) is 183 cm³/mol. The van der Waals surface area contributed by atoms with Crippen LogP contribution in [0.1, 0.15) is 40.5 Å². The van der Waals surface area contributed by atoms with Gasteiger partial charge in [0.15, 0.2) is 5.65 Å². The number of fused-ring (bicyclic) bond motifs is 1. The van der Waals surface area contributed by atoms with Crippen molar-refractivity contribution >= 4 is 44.3 Å². The lowest BCUT2D eigenvalue weighted by Crippen LogP contribution is -2.61. The fourth-order valence-electron chi connectivity index (χ4n) is 6.59. The van der Waals surface area contributed by atoms with Crippen LogP contribution in [0.5, 0.6) is 0 Å². The molecule has 2 aliphatic heterocycles. The number of nitrogens with two attached hydrogens (primary N) is 1. The topological polar surface area (TPSA) is 114 Å². The van der Waals surface area contributed by atoms with Gasteiger partial charge in [-0.2, -0.15) is 0 Å². The Labute approximate surface area is 264 Å². The van der Waals surface area contributed by atoms with Gasteiger partial charge >= 0.3 is 0 Å². The molecule has 0 amide bonds. The van der Waals surface area contributed by atoms with E-state index in [1.54, 1.807) is 13.1 Å². The van der Waals surface area contributed by atoms with Gasteiger partial charge in [0.25, 0.3) is 0 Å². The summed E-state index contributed by atoms with van der Waals surface area (Å²) >= 11 is 3.76. The molecule has 0 bridgehead atoms. The first-order valence-corrected chi connectivity index (χ1v) is 16.0. The molecular formula is C32H47BrN10. The summed E-state index contributed by atoms with van der Waals surface area (Å²) < 4.78 is 0.946. The predicted octanol–water partition coefficient (Wildman–Crippen LogP) is 4.66. The van der Waals surface area contributed by atoms with Crippen molar-refractivity contribution < 1.29 is 0 Å². The number of benzene rings is 1. The Morgan fingerprint density at radius 1 is 1.12 bits per heavy atom. The van der Waals surface area contributed by atoms with E-state index < -0.39 is 0 Å². The zero-order chi connectivity index (χ0) is 30.8. The summed E-state index contributed by atoms with van der Waals surface area (Å²) in [6, 6.07) is 9.05. The molecule has 5 rings (SSSR count). The summed E-state index contributed by atoms with van der Waals surface area (Å²) in [6.07, 6.45) is 7.26. The molecule has 5 N–H and O–H groups in total. The SMILES string of the molecule is CN=C(C=CN)NCCN1CCN(c2ccc(-c3nc4ncc(Br)c(NC5CC(C)(C)N(C)C(C)(C)C5)c4[nH]3)cc2)CC1. The molecule has 232 valence electrons. The van der Waals surface area contributed by atoms with E-state index in [2.05, 4.69) is 115 Å². The number of likely N-dealkylation sites (tertiary alicyclic amines) is 1. The number of anilines is 2. The number of aromatic nitrogens is 3. The third-order valence-corrected chi connectivity index (χ3v) is 9.84. The van der Waals surface area contributed by atoms with Crippen LogP contribution >= 0.6 is 15.9 Å².